The Balaban J connectivity index is 2.10. The van der Waals surface area contributed by atoms with Crippen LogP contribution in [0, 0.1) is 11.6 Å². The van der Waals surface area contributed by atoms with Gasteiger partial charge in [-0.3, -0.25) is 4.79 Å². The first-order valence-corrected chi connectivity index (χ1v) is 6.00. The summed E-state index contributed by atoms with van der Waals surface area (Å²) in [5, 5.41) is 0. The van der Waals surface area contributed by atoms with Gasteiger partial charge in [-0.15, -0.1) is 0 Å². The minimum atomic E-state index is -0.476. The quantitative estimate of drug-likeness (QED) is 0.770. The predicted octanol–water partition coefficient (Wildman–Crippen LogP) is 3.47. The Labute approximate surface area is 109 Å². The van der Waals surface area contributed by atoms with Crippen molar-refractivity contribution in [3.63, 3.8) is 0 Å². The minimum Gasteiger partial charge on any atom is -0.338 e. The molecule has 96 valence electrons. The maximum Gasteiger partial charge on any atom is 0.150 e. The van der Waals surface area contributed by atoms with Gasteiger partial charge in [0.15, 0.2) is 0 Å². The molecule has 2 aromatic carbocycles. The van der Waals surface area contributed by atoms with Crippen molar-refractivity contribution in [3.8, 4) is 0 Å². The van der Waals surface area contributed by atoms with Gasteiger partial charge in [0.05, 0.1) is 5.69 Å². The molecule has 0 fully saturated rings. The summed E-state index contributed by atoms with van der Waals surface area (Å²) in [4.78, 5) is 12.5. The van der Waals surface area contributed by atoms with Gasteiger partial charge < -0.3 is 4.90 Å². The number of anilines is 2. The first-order chi connectivity index (χ1) is 9.19. The molecule has 1 aliphatic rings. The van der Waals surface area contributed by atoms with E-state index in [9.17, 15) is 13.6 Å². The van der Waals surface area contributed by atoms with Crippen LogP contribution < -0.4 is 4.90 Å². The highest BCUT2D eigenvalue weighted by molar-refractivity contribution is 5.81. The number of fused-ring (bicyclic) bond motifs is 1. The molecule has 0 bridgehead atoms. The van der Waals surface area contributed by atoms with Crippen molar-refractivity contribution in [1.82, 2.24) is 0 Å². The summed E-state index contributed by atoms with van der Waals surface area (Å²) in [6.45, 7) is 0.581. The third-order valence-corrected chi connectivity index (χ3v) is 3.34. The first kappa shape index (κ1) is 11.8. The molecule has 4 heteroatoms. The largest absolute Gasteiger partial charge is 0.338 e. The highest BCUT2D eigenvalue weighted by Crippen LogP contribution is 2.36. The highest BCUT2D eigenvalue weighted by Gasteiger charge is 2.23. The molecule has 0 radical (unpaired) electrons. The average molecular weight is 259 g/mol. The van der Waals surface area contributed by atoms with Gasteiger partial charge in [-0.2, -0.15) is 0 Å². The van der Waals surface area contributed by atoms with Crippen molar-refractivity contribution in [2.45, 2.75) is 6.42 Å². The van der Waals surface area contributed by atoms with Gasteiger partial charge in [-0.25, -0.2) is 8.78 Å². The van der Waals surface area contributed by atoms with Gasteiger partial charge in [-0.1, -0.05) is 12.1 Å². The molecule has 2 nitrogen and oxygen atoms in total. The number of hydrogen-bond donors (Lipinski definition) is 0. The van der Waals surface area contributed by atoms with E-state index in [4.69, 9.17) is 0 Å². The van der Waals surface area contributed by atoms with Gasteiger partial charge in [-0.05, 0) is 30.2 Å². The van der Waals surface area contributed by atoms with Gasteiger partial charge >= 0.3 is 0 Å². The van der Waals surface area contributed by atoms with Gasteiger partial charge in [0.1, 0.15) is 17.9 Å². The van der Waals surface area contributed by atoms with Gasteiger partial charge in [0.25, 0.3) is 0 Å². The Kier molecular flexibility index (Phi) is 2.78. The first-order valence-electron chi connectivity index (χ1n) is 6.00. The fourth-order valence-electron chi connectivity index (χ4n) is 2.41. The van der Waals surface area contributed by atoms with E-state index in [1.54, 1.807) is 17.0 Å². The van der Waals surface area contributed by atoms with Crippen molar-refractivity contribution < 1.29 is 13.6 Å². The number of carbonyl (C=O) groups excluding carboxylic acids is 1. The van der Waals surface area contributed by atoms with E-state index in [0.717, 1.165) is 36.1 Å². The molecular weight excluding hydrogens is 248 g/mol. The Morgan fingerprint density at radius 2 is 1.89 bits per heavy atom. The van der Waals surface area contributed by atoms with Crippen LogP contribution in [0.1, 0.15) is 15.9 Å². The maximum atomic E-state index is 13.8. The minimum absolute atomic E-state index is 0.210. The van der Waals surface area contributed by atoms with E-state index in [-0.39, 0.29) is 5.69 Å². The molecule has 0 aliphatic carbocycles. The SMILES string of the molecule is O=Cc1ccc2c(c1)N(c1cc(F)ccc1F)CC2. The zero-order valence-corrected chi connectivity index (χ0v) is 10.1. The fraction of sp³-hybridized carbons (Fsp3) is 0.133. The lowest BCUT2D eigenvalue weighted by molar-refractivity contribution is 0.112. The average Bonchev–Trinajstić information content (AvgIpc) is 2.84. The lowest BCUT2D eigenvalue weighted by Crippen LogP contribution is -2.15. The summed E-state index contributed by atoms with van der Waals surface area (Å²) in [6, 6.07) is 8.69. The molecule has 2 aromatic rings. The molecule has 0 spiro atoms. The second-order valence-electron chi connectivity index (χ2n) is 4.50. The predicted molar refractivity (Wildman–Crippen MR) is 68.9 cm³/mol. The summed E-state index contributed by atoms with van der Waals surface area (Å²) < 4.78 is 27.1. The smallest absolute Gasteiger partial charge is 0.150 e. The second-order valence-corrected chi connectivity index (χ2v) is 4.50. The Bertz CT molecular complexity index is 655. The number of aldehydes is 1. The topological polar surface area (TPSA) is 20.3 Å². The summed E-state index contributed by atoms with van der Waals surface area (Å²) in [5.41, 5.74) is 2.55. The molecule has 0 amide bonds. The Morgan fingerprint density at radius 1 is 1.05 bits per heavy atom. The lowest BCUT2D eigenvalue weighted by Gasteiger charge is -2.20. The number of rotatable bonds is 2. The normalized spacial score (nSPS) is 13.5. The fourth-order valence-corrected chi connectivity index (χ4v) is 2.41. The summed E-state index contributed by atoms with van der Waals surface area (Å²) >= 11 is 0. The van der Waals surface area contributed by atoms with Crippen LogP contribution in [0.4, 0.5) is 20.2 Å². The zero-order chi connectivity index (χ0) is 13.4. The lowest BCUT2D eigenvalue weighted by atomic mass is 10.1. The van der Waals surface area contributed by atoms with Crippen molar-refractivity contribution >= 4 is 17.7 Å². The maximum absolute atomic E-state index is 13.8. The van der Waals surface area contributed by atoms with Gasteiger partial charge in [0.2, 0.25) is 0 Å². The highest BCUT2D eigenvalue weighted by atomic mass is 19.1. The van der Waals surface area contributed by atoms with Crippen LogP contribution in [-0.4, -0.2) is 12.8 Å². The van der Waals surface area contributed by atoms with Crippen LogP contribution in [0.3, 0.4) is 0 Å². The molecular formula is C15H11F2NO. The number of carbonyl (C=O) groups is 1. The standard InChI is InChI=1S/C15H11F2NO/c16-12-3-4-13(17)15(8-12)18-6-5-11-2-1-10(9-19)7-14(11)18/h1-4,7-9H,5-6H2. The van der Waals surface area contributed by atoms with Crippen LogP contribution in [0.25, 0.3) is 0 Å². The van der Waals surface area contributed by atoms with Crippen molar-refractivity contribution in [1.29, 1.82) is 0 Å². The van der Waals surface area contributed by atoms with Crippen molar-refractivity contribution in [3.05, 3.63) is 59.2 Å². The molecule has 0 saturated heterocycles. The van der Waals surface area contributed by atoms with E-state index in [1.165, 1.54) is 6.07 Å². The van der Waals surface area contributed by atoms with Crippen LogP contribution in [-0.2, 0) is 6.42 Å². The second kappa shape index (κ2) is 4.46. The van der Waals surface area contributed by atoms with E-state index in [1.807, 2.05) is 6.07 Å². The molecule has 0 unspecified atom stereocenters. The van der Waals surface area contributed by atoms with Crippen LogP contribution in [0.5, 0.6) is 0 Å². The number of benzene rings is 2. The third kappa shape index (κ3) is 1.99. The van der Waals surface area contributed by atoms with Crippen molar-refractivity contribution in [2.75, 3.05) is 11.4 Å². The third-order valence-electron chi connectivity index (χ3n) is 3.34. The Hall–Kier alpha value is -2.23. The van der Waals surface area contributed by atoms with E-state index < -0.39 is 11.6 Å². The molecule has 1 aliphatic heterocycles. The van der Waals surface area contributed by atoms with Crippen molar-refractivity contribution in [2.24, 2.45) is 0 Å². The number of hydrogen-bond acceptors (Lipinski definition) is 2. The number of halogens is 2. The zero-order valence-electron chi connectivity index (χ0n) is 10.1. The van der Waals surface area contributed by atoms with E-state index in [0.29, 0.717) is 12.1 Å². The Morgan fingerprint density at radius 3 is 2.68 bits per heavy atom. The molecule has 19 heavy (non-hydrogen) atoms. The van der Waals surface area contributed by atoms with Crippen LogP contribution in [0.15, 0.2) is 36.4 Å². The van der Waals surface area contributed by atoms with E-state index >= 15 is 0 Å². The van der Waals surface area contributed by atoms with Crippen LogP contribution in [0.2, 0.25) is 0 Å². The van der Waals surface area contributed by atoms with Gasteiger partial charge in [0, 0.05) is 23.9 Å². The molecule has 0 saturated carbocycles. The summed E-state index contributed by atoms with van der Waals surface area (Å²) in [6.07, 6.45) is 1.50. The molecule has 0 aromatic heterocycles. The monoisotopic (exact) mass is 259 g/mol. The van der Waals surface area contributed by atoms with E-state index in [2.05, 4.69) is 0 Å². The molecule has 3 rings (SSSR count). The summed E-state index contributed by atoms with van der Waals surface area (Å²) in [7, 11) is 0. The summed E-state index contributed by atoms with van der Waals surface area (Å²) in [5.74, 6) is -0.942. The molecule has 0 atom stereocenters. The molecule has 0 N–H and O–H groups in total. The number of nitrogens with zero attached hydrogens (tertiary/aromatic N) is 1. The molecule has 1 heterocycles. The van der Waals surface area contributed by atoms with Crippen LogP contribution >= 0.6 is 0 Å².